The first kappa shape index (κ1) is 21.5. The van der Waals surface area contributed by atoms with Gasteiger partial charge in [0.2, 0.25) is 0 Å². The highest BCUT2D eigenvalue weighted by Crippen LogP contribution is 2.51. The van der Waals surface area contributed by atoms with Gasteiger partial charge in [-0.1, -0.05) is 24.3 Å². The SMILES string of the molecule is CCOP(=O)(Cc1ccccc1C(=O)OCC[C@H]1O[C@H]1/C=C\C=O)OCC. The third-order valence-corrected chi connectivity index (χ3v) is 5.92. The highest BCUT2D eigenvalue weighted by molar-refractivity contribution is 7.53. The molecule has 0 N–H and O–H groups in total. The molecule has 1 aromatic rings. The molecule has 1 aromatic carbocycles. The van der Waals surface area contributed by atoms with Crippen LogP contribution in [-0.2, 0) is 34.0 Å². The highest BCUT2D eigenvalue weighted by Gasteiger charge is 2.36. The van der Waals surface area contributed by atoms with E-state index in [1.54, 1.807) is 44.2 Å². The molecule has 0 radical (unpaired) electrons. The first-order valence-corrected chi connectivity index (χ1v) is 10.7. The number of esters is 1. The van der Waals surface area contributed by atoms with E-state index in [4.69, 9.17) is 18.5 Å². The summed E-state index contributed by atoms with van der Waals surface area (Å²) in [6.07, 6.45) is 4.17. The summed E-state index contributed by atoms with van der Waals surface area (Å²) in [6.45, 7) is 4.18. The van der Waals surface area contributed by atoms with Crippen LogP contribution in [-0.4, -0.2) is 44.3 Å². The van der Waals surface area contributed by atoms with E-state index in [0.29, 0.717) is 23.8 Å². The zero-order valence-corrected chi connectivity index (χ0v) is 16.4. The fraction of sp³-hybridized carbons (Fsp3) is 0.474. The second-order valence-corrected chi connectivity index (χ2v) is 7.90. The number of hydrogen-bond donors (Lipinski definition) is 0. The van der Waals surface area contributed by atoms with E-state index in [2.05, 4.69) is 0 Å². The molecular formula is C19H25O7P. The maximum Gasteiger partial charge on any atom is 0.338 e. The van der Waals surface area contributed by atoms with Gasteiger partial charge in [0.15, 0.2) is 0 Å². The lowest BCUT2D eigenvalue weighted by atomic mass is 10.1. The van der Waals surface area contributed by atoms with E-state index in [1.807, 2.05) is 0 Å². The molecule has 0 saturated carbocycles. The Hall–Kier alpha value is -1.79. The van der Waals surface area contributed by atoms with Gasteiger partial charge in [-0.25, -0.2) is 4.79 Å². The molecule has 27 heavy (non-hydrogen) atoms. The molecule has 7 nitrogen and oxygen atoms in total. The fourth-order valence-electron chi connectivity index (χ4n) is 2.65. The number of ether oxygens (including phenoxy) is 2. The Labute approximate surface area is 159 Å². The summed E-state index contributed by atoms with van der Waals surface area (Å²) in [7, 11) is -3.32. The molecule has 1 aliphatic rings. The molecule has 1 fully saturated rings. The smallest absolute Gasteiger partial charge is 0.338 e. The van der Waals surface area contributed by atoms with Crippen molar-refractivity contribution >= 4 is 19.9 Å². The van der Waals surface area contributed by atoms with Crippen LogP contribution in [0.5, 0.6) is 0 Å². The van der Waals surface area contributed by atoms with Crippen LogP contribution in [0.3, 0.4) is 0 Å². The van der Waals surface area contributed by atoms with Crippen LogP contribution >= 0.6 is 7.60 Å². The van der Waals surface area contributed by atoms with Gasteiger partial charge >= 0.3 is 13.6 Å². The van der Waals surface area contributed by atoms with E-state index in [1.165, 1.54) is 6.08 Å². The second-order valence-electron chi connectivity index (χ2n) is 5.85. The lowest BCUT2D eigenvalue weighted by molar-refractivity contribution is -0.104. The van der Waals surface area contributed by atoms with Gasteiger partial charge in [-0.3, -0.25) is 9.36 Å². The van der Waals surface area contributed by atoms with Crippen molar-refractivity contribution in [2.75, 3.05) is 19.8 Å². The first-order valence-electron chi connectivity index (χ1n) is 8.93. The zero-order chi connectivity index (χ0) is 19.7. The minimum absolute atomic E-state index is 0.00422. The molecule has 0 aromatic heterocycles. The molecule has 1 saturated heterocycles. The van der Waals surface area contributed by atoms with Gasteiger partial charge in [0.25, 0.3) is 0 Å². The molecular weight excluding hydrogens is 371 g/mol. The van der Waals surface area contributed by atoms with Crippen molar-refractivity contribution in [3.05, 3.63) is 47.5 Å². The Morgan fingerprint density at radius 2 is 1.93 bits per heavy atom. The zero-order valence-electron chi connectivity index (χ0n) is 15.5. The first-order chi connectivity index (χ1) is 13.0. The maximum absolute atomic E-state index is 12.7. The molecule has 0 amide bonds. The molecule has 1 aliphatic heterocycles. The molecule has 2 rings (SSSR count). The Morgan fingerprint density at radius 3 is 2.59 bits per heavy atom. The summed E-state index contributed by atoms with van der Waals surface area (Å²) in [5.41, 5.74) is 0.897. The number of epoxide rings is 1. The summed E-state index contributed by atoms with van der Waals surface area (Å²) in [6, 6.07) is 6.82. The molecule has 0 bridgehead atoms. The van der Waals surface area contributed by atoms with Crippen molar-refractivity contribution in [2.24, 2.45) is 0 Å². The molecule has 0 aliphatic carbocycles. The summed E-state index contributed by atoms with van der Waals surface area (Å²) in [5, 5.41) is 0. The Kier molecular flexibility index (Phi) is 8.38. The predicted molar refractivity (Wildman–Crippen MR) is 99.8 cm³/mol. The third kappa shape index (κ3) is 6.70. The summed E-state index contributed by atoms with van der Waals surface area (Å²) in [4.78, 5) is 22.7. The van der Waals surface area contributed by atoms with Crippen molar-refractivity contribution in [2.45, 2.75) is 38.6 Å². The summed E-state index contributed by atoms with van der Waals surface area (Å²) in [5.74, 6) is -0.495. The van der Waals surface area contributed by atoms with Gasteiger partial charge in [-0.2, -0.15) is 0 Å². The molecule has 2 atom stereocenters. The monoisotopic (exact) mass is 396 g/mol. The minimum atomic E-state index is -3.32. The van der Waals surface area contributed by atoms with E-state index >= 15 is 0 Å². The normalized spacial score (nSPS) is 19.2. The number of hydrogen-bond acceptors (Lipinski definition) is 7. The molecule has 8 heteroatoms. The lowest BCUT2D eigenvalue weighted by Crippen LogP contribution is -2.11. The van der Waals surface area contributed by atoms with Gasteiger partial charge in [0, 0.05) is 6.42 Å². The third-order valence-electron chi connectivity index (χ3n) is 3.89. The van der Waals surface area contributed by atoms with Crippen LogP contribution in [0.1, 0.15) is 36.2 Å². The van der Waals surface area contributed by atoms with Crippen LogP contribution in [0.4, 0.5) is 0 Å². The lowest BCUT2D eigenvalue weighted by Gasteiger charge is -2.18. The number of benzene rings is 1. The number of aldehydes is 1. The Bertz CT molecular complexity index is 706. The number of carbonyl (C=O) groups is 2. The predicted octanol–water partition coefficient (Wildman–Crippen LogP) is 3.52. The molecule has 1 heterocycles. The largest absolute Gasteiger partial charge is 0.462 e. The van der Waals surface area contributed by atoms with Crippen LogP contribution < -0.4 is 0 Å². The van der Waals surface area contributed by atoms with Crippen LogP contribution in [0.15, 0.2) is 36.4 Å². The minimum Gasteiger partial charge on any atom is -0.462 e. The molecule has 148 valence electrons. The summed E-state index contributed by atoms with van der Waals surface area (Å²) >= 11 is 0. The topological polar surface area (TPSA) is 91.4 Å². The van der Waals surface area contributed by atoms with E-state index in [9.17, 15) is 14.2 Å². The maximum atomic E-state index is 12.7. The van der Waals surface area contributed by atoms with Crippen molar-refractivity contribution in [3.63, 3.8) is 0 Å². The van der Waals surface area contributed by atoms with Gasteiger partial charge in [0.05, 0.1) is 37.6 Å². The number of allylic oxidation sites excluding steroid dienone is 1. The van der Waals surface area contributed by atoms with Gasteiger partial charge in [-0.15, -0.1) is 0 Å². The highest BCUT2D eigenvalue weighted by atomic mass is 31.2. The van der Waals surface area contributed by atoms with Gasteiger partial charge in [-0.05, 0) is 31.6 Å². The van der Waals surface area contributed by atoms with Crippen LogP contribution in [0.25, 0.3) is 0 Å². The second kappa shape index (κ2) is 10.5. The van der Waals surface area contributed by atoms with Crippen molar-refractivity contribution in [3.8, 4) is 0 Å². The van der Waals surface area contributed by atoms with Crippen molar-refractivity contribution < 1.29 is 32.7 Å². The fourth-order valence-corrected chi connectivity index (χ4v) is 4.38. The average Bonchev–Trinajstić information content (AvgIpc) is 3.38. The van der Waals surface area contributed by atoms with E-state index < -0.39 is 13.6 Å². The number of carbonyl (C=O) groups excluding carboxylic acids is 2. The van der Waals surface area contributed by atoms with E-state index in [0.717, 1.165) is 0 Å². The average molecular weight is 396 g/mol. The Balaban J connectivity index is 1.94. The molecule has 0 spiro atoms. The van der Waals surface area contributed by atoms with Crippen molar-refractivity contribution in [1.29, 1.82) is 0 Å². The van der Waals surface area contributed by atoms with E-state index in [-0.39, 0.29) is 38.2 Å². The van der Waals surface area contributed by atoms with Gasteiger partial charge < -0.3 is 18.5 Å². The van der Waals surface area contributed by atoms with Crippen LogP contribution in [0.2, 0.25) is 0 Å². The quantitative estimate of drug-likeness (QED) is 0.175. The Morgan fingerprint density at radius 1 is 1.22 bits per heavy atom. The molecule has 0 unspecified atom stereocenters. The standard InChI is InChI=1S/C19H25O7P/c1-3-24-27(22,25-4-2)14-15-8-5-6-9-16(15)19(21)23-13-11-18-17(26-18)10-7-12-20/h5-10,12,17-18H,3-4,11,13-14H2,1-2H3/b10-7-/t17-,18+/m0/s1. The van der Waals surface area contributed by atoms with Crippen molar-refractivity contribution in [1.82, 2.24) is 0 Å². The summed E-state index contributed by atoms with van der Waals surface area (Å²) < 4.78 is 34.0. The number of rotatable bonds is 12. The van der Waals surface area contributed by atoms with Crippen LogP contribution in [0, 0.1) is 0 Å². The van der Waals surface area contributed by atoms with Gasteiger partial charge in [0.1, 0.15) is 12.4 Å².